The molecular weight excluding hydrogens is 344 g/mol. The van der Waals surface area contributed by atoms with Crippen molar-refractivity contribution in [2.75, 3.05) is 7.05 Å². The standard InChI is InChI=1S/C22H25ClN2O/c1-14-10-11-19(23)18(12-14)22(3)20(25(5)15(2)24-4)13-16-8-6-7-9-17(16)21(22)26/h6-12,15,20H,4,13H2,1-3,5H3. The molecule has 0 aliphatic heterocycles. The van der Waals surface area contributed by atoms with Gasteiger partial charge < -0.3 is 0 Å². The molecule has 0 saturated heterocycles. The number of aliphatic imine (C=N–C) groups is 1. The normalized spacial score (nSPS) is 23.6. The number of carbonyl (C=O) groups is 1. The van der Waals surface area contributed by atoms with E-state index >= 15 is 0 Å². The summed E-state index contributed by atoms with van der Waals surface area (Å²) < 4.78 is 0. The van der Waals surface area contributed by atoms with Gasteiger partial charge in [-0.05, 0) is 58.2 Å². The minimum absolute atomic E-state index is 0.0651. The van der Waals surface area contributed by atoms with Gasteiger partial charge in [-0.15, -0.1) is 0 Å². The summed E-state index contributed by atoms with van der Waals surface area (Å²) in [6.45, 7) is 9.73. The van der Waals surface area contributed by atoms with Crippen LogP contribution in [0.25, 0.3) is 0 Å². The molecule has 0 heterocycles. The molecular formula is C22H25ClN2O. The van der Waals surface area contributed by atoms with Crippen LogP contribution in [0.15, 0.2) is 47.5 Å². The van der Waals surface area contributed by atoms with Crippen molar-refractivity contribution in [2.24, 2.45) is 4.99 Å². The Morgan fingerprint density at radius 3 is 2.69 bits per heavy atom. The molecule has 2 aromatic carbocycles. The molecule has 26 heavy (non-hydrogen) atoms. The lowest BCUT2D eigenvalue weighted by Gasteiger charge is -2.47. The van der Waals surface area contributed by atoms with Gasteiger partial charge in [0.2, 0.25) is 0 Å². The van der Waals surface area contributed by atoms with E-state index in [1.165, 1.54) is 0 Å². The zero-order valence-corrected chi connectivity index (χ0v) is 16.5. The summed E-state index contributed by atoms with van der Waals surface area (Å²) in [4.78, 5) is 20.0. The summed E-state index contributed by atoms with van der Waals surface area (Å²) >= 11 is 6.59. The van der Waals surface area contributed by atoms with E-state index in [1.807, 2.05) is 70.3 Å². The second-order valence-corrected chi connectivity index (χ2v) is 7.78. The first-order valence-corrected chi connectivity index (χ1v) is 9.25. The molecule has 1 aliphatic carbocycles. The molecule has 0 spiro atoms. The van der Waals surface area contributed by atoms with Crippen molar-refractivity contribution in [3.05, 3.63) is 69.7 Å². The number of hydrogen-bond acceptors (Lipinski definition) is 3. The van der Waals surface area contributed by atoms with Crippen molar-refractivity contribution >= 4 is 24.1 Å². The van der Waals surface area contributed by atoms with Crippen molar-refractivity contribution < 1.29 is 4.79 Å². The van der Waals surface area contributed by atoms with Crippen molar-refractivity contribution in [1.29, 1.82) is 0 Å². The molecule has 0 bridgehead atoms. The van der Waals surface area contributed by atoms with Crippen LogP contribution in [0.2, 0.25) is 5.02 Å². The molecule has 0 radical (unpaired) electrons. The second kappa shape index (κ2) is 6.98. The van der Waals surface area contributed by atoms with Gasteiger partial charge in [-0.25, -0.2) is 0 Å². The number of fused-ring (bicyclic) bond motifs is 1. The molecule has 4 heteroatoms. The number of hydrogen-bond donors (Lipinski definition) is 0. The molecule has 0 N–H and O–H groups in total. The van der Waals surface area contributed by atoms with Crippen molar-refractivity contribution in [2.45, 2.75) is 44.8 Å². The van der Waals surface area contributed by atoms with E-state index in [0.717, 1.165) is 28.7 Å². The number of nitrogens with zero attached hydrogens (tertiary/aromatic N) is 2. The van der Waals surface area contributed by atoms with Gasteiger partial charge in [-0.1, -0.05) is 53.6 Å². The SMILES string of the molecule is C=NC(C)N(C)C1Cc2ccccc2C(=O)C1(C)c1cc(C)ccc1Cl. The minimum atomic E-state index is -0.759. The predicted octanol–water partition coefficient (Wildman–Crippen LogP) is 4.69. The number of rotatable bonds is 4. The number of halogens is 1. The van der Waals surface area contributed by atoms with E-state index in [0.29, 0.717) is 5.02 Å². The highest BCUT2D eigenvalue weighted by atomic mass is 35.5. The average molecular weight is 369 g/mol. The number of benzene rings is 2. The van der Waals surface area contributed by atoms with E-state index in [9.17, 15) is 4.79 Å². The number of carbonyl (C=O) groups excluding carboxylic acids is 1. The molecule has 0 saturated carbocycles. The van der Waals surface area contributed by atoms with Gasteiger partial charge in [0.25, 0.3) is 0 Å². The Morgan fingerprint density at radius 2 is 2.00 bits per heavy atom. The average Bonchev–Trinajstić information content (AvgIpc) is 2.65. The maximum atomic E-state index is 13.7. The molecule has 3 rings (SSSR count). The molecule has 2 aromatic rings. The Kier molecular flexibility index (Phi) is 5.05. The van der Waals surface area contributed by atoms with Crippen LogP contribution in [0, 0.1) is 6.92 Å². The highest BCUT2D eigenvalue weighted by molar-refractivity contribution is 6.32. The Morgan fingerprint density at radius 1 is 1.31 bits per heavy atom. The largest absolute Gasteiger partial charge is 0.293 e. The molecule has 1 aliphatic rings. The molecule has 0 fully saturated rings. The smallest absolute Gasteiger partial charge is 0.175 e. The van der Waals surface area contributed by atoms with Crippen LogP contribution in [0.5, 0.6) is 0 Å². The van der Waals surface area contributed by atoms with Crippen LogP contribution in [0.3, 0.4) is 0 Å². The van der Waals surface area contributed by atoms with Gasteiger partial charge >= 0.3 is 0 Å². The van der Waals surface area contributed by atoms with Gasteiger partial charge in [0.15, 0.2) is 5.78 Å². The Labute approximate surface area is 160 Å². The summed E-state index contributed by atoms with van der Waals surface area (Å²) in [7, 11) is 2.01. The lowest BCUT2D eigenvalue weighted by atomic mass is 9.64. The third-order valence-corrected chi connectivity index (χ3v) is 6.17. The van der Waals surface area contributed by atoms with Gasteiger partial charge in [0.05, 0.1) is 11.6 Å². The number of aryl methyl sites for hydroxylation is 1. The van der Waals surface area contributed by atoms with E-state index in [1.54, 1.807) is 0 Å². The van der Waals surface area contributed by atoms with Crippen LogP contribution in [-0.2, 0) is 11.8 Å². The molecule has 136 valence electrons. The quantitative estimate of drug-likeness (QED) is 0.733. The zero-order valence-electron chi connectivity index (χ0n) is 15.8. The zero-order chi connectivity index (χ0) is 19.1. The lowest BCUT2D eigenvalue weighted by Crippen LogP contribution is -2.57. The van der Waals surface area contributed by atoms with Gasteiger partial charge in [-0.3, -0.25) is 14.7 Å². The Hall–Kier alpha value is -1.97. The monoisotopic (exact) mass is 368 g/mol. The first-order valence-electron chi connectivity index (χ1n) is 8.87. The maximum Gasteiger partial charge on any atom is 0.175 e. The molecule has 0 aromatic heterocycles. The highest BCUT2D eigenvalue weighted by Crippen LogP contribution is 2.43. The molecule has 0 amide bonds. The number of Topliss-reactive ketones (excluding diaryl/α,β-unsaturated/α-hetero) is 1. The van der Waals surface area contributed by atoms with Crippen LogP contribution in [0.1, 0.15) is 40.9 Å². The fraction of sp³-hybridized carbons (Fsp3) is 0.364. The summed E-state index contributed by atoms with van der Waals surface area (Å²) in [5, 5.41) is 0.628. The van der Waals surface area contributed by atoms with E-state index < -0.39 is 5.41 Å². The fourth-order valence-electron chi connectivity index (χ4n) is 4.04. The highest BCUT2D eigenvalue weighted by Gasteiger charge is 2.50. The third kappa shape index (κ3) is 2.89. The third-order valence-electron chi connectivity index (χ3n) is 5.84. The second-order valence-electron chi connectivity index (χ2n) is 7.37. The summed E-state index contributed by atoms with van der Waals surface area (Å²) in [5.41, 5.74) is 3.08. The Bertz CT molecular complexity index is 863. The predicted molar refractivity (Wildman–Crippen MR) is 109 cm³/mol. The topological polar surface area (TPSA) is 32.7 Å². The summed E-state index contributed by atoms with van der Waals surface area (Å²) in [6.07, 6.45) is 0.667. The maximum absolute atomic E-state index is 13.7. The fourth-order valence-corrected chi connectivity index (χ4v) is 4.36. The van der Waals surface area contributed by atoms with Crippen molar-refractivity contribution in [3.8, 4) is 0 Å². The van der Waals surface area contributed by atoms with Crippen LogP contribution < -0.4 is 0 Å². The van der Waals surface area contributed by atoms with E-state index in [4.69, 9.17) is 11.6 Å². The minimum Gasteiger partial charge on any atom is -0.293 e. The van der Waals surface area contributed by atoms with E-state index in [-0.39, 0.29) is 18.0 Å². The summed E-state index contributed by atoms with van der Waals surface area (Å²) in [6, 6.07) is 13.7. The number of ketones is 1. The lowest BCUT2D eigenvalue weighted by molar-refractivity contribution is 0.0665. The van der Waals surface area contributed by atoms with Crippen molar-refractivity contribution in [3.63, 3.8) is 0 Å². The van der Waals surface area contributed by atoms with Gasteiger partial charge in [0, 0.05) is 16.6 Å². The van der Waals surface area contributed by atoms with E-state index in [2.05, 4.69) is 16.6 Å². The molecule has 3 atom stereocenters. The van der Waals surface area contributed by atoms with Crippen LogP contribution >= 0.6 is 11.6 Å². The number of likely N-dealkylation sites (N-methyl/N-ethyl adjacent to an activating group) is 1. The first kappa shape index (κ1) is 18.8. The van der Waals surface area contributed by atoms with Gasteiger partial charge in [0.1, 0.15) is 0 Å². The molecule has 3 nitrogen and oxygen atoms in total. The van der Waals surface area contributed by atoms with Crippen molar-refractivity contribution in [1.82, 2.24) is 4.90 Å². The first-order chi connectivity index (χ1) is 12.3. The van der Waals surface area contributed by atoms with Crippen LogP contribution in [-0.4, -0.2) is 36.7 Å². The Balaban J connectivity index is 2.25. The summed E-state index contributed by atoms with van der Waals surface area (Å²) in [5.74, 6) is 0.111. The van der Waals surface area contributed by atoms with Gasteiger partial charge in [-0.2, -0.15) is 0 Å². The van der Waals surface area contributed by atoms with Crippen LogP contribution in [0.4, 0.5) is 0 Å². The molecule has 3 unspecified atom stereocenters.